The Morgan fingerprint density at radius 3 is 2.43 bits per heavy atom. The Kier molecular flexibility index (Phi) is 7.13. The Balaban J connectivity index is 2.65. The van der Waals surface area contributed by atoms with E-state index in [1.807, 2.05) is 19.9 Å². The highest BCUT2D eigenvalue weighted by molar-refractivity contribution is 6.21. The number of Topliss-reactive ketones (excluding diaryl/α,β-unsaturated/α-hetero) is 1. The zero-order valence-corrected chi connectivity index (χ0v) is 13.4. The maximum atomic E-state index is 12.1. The van der Waals surface area contributed by atoms with Gasteiger partial charge in [-0.15, -0.1) is 0 Å². The molecule has 0 amide bonds. The second-order valence-corrected chi connectivity index (χ2v) is 5.84. The van der Waals surface area contributed by atoms with Crippen molar-refractivity contribution >= 4 is 11.6 Å². The van der Waals surface area contributed by atoms with Crippen LogP contribution in [-0.2, 0) is 9.59 Å². The maximum absolute atomic E-state index is 12.1. The predicted molar refractivity (Wildman–Crippen MR) is 85.2 cm³/mol. The van der Waals surface area contributed by atoms with Crippen molar-refractivity contribution in [3.63, 3.8) is 0 Å². The smallest absolute Gasteiger partial charge is 0.224 e. The average molecular weight is 290 g/mol. The summed E-state index contributed by atoms with van der Waals surface area (Å²) in [6, 6.07) is 0. The molecule has 0 aromatic heterocycles. The van der Waals surface area contributed by atoms with Gasteiger partial charge in [0.1, 0.15) is 0 Å². The Bertz CT molecular complexity index is 489. The van der Waals surface area contributed by atoms with Gasteiger partial charge >= 0.3 is 0 Å². The van der Waals surface area contributed by atoms with E-state index in [1.54, 1.807) is 0 Å². The molecule has 3 nitrogen and oxygen atoms in total. The van der Waals surface area contributed by atoms with Crippen LogP contribution in [0.5, 0.6) is 0 Å². The minimum absolute atomic E-state index is 0.209. The Morgan fingerprint density at radius 1 is 1.14 bits per heavy atom. The highest BCUT2D eigenvalue weighted by Gasteiger charge is 2.27. The van der Waals surface area contributed by atoms with Gasteiger partial charge in [0.25, 0.3) is 0 Å². The molecule has 0 fully saturated rings. The summed E-state index contributed by atoms with van der Waals surface area (Å²) in [5.74, 6) is -0.939. The number of hydrogen-bond acceptors (Lipinski definition) is 3. The number of unbranched alkanes of at least 4 members (excludes halogenated alkanes) is 4. The standard InChI is InChI=1S/C18H26O3/c1-4-5-6-7-8-9-15-16(19)12-14(11-10-13(2)3)17(20)18(15)21/h10,12,21H,4-9,11H2,1-3H3. The quantitative estimate of drug-likeness (QED) is 0.404. The number of ketones is 2. The molecule has 1 aliphatic rings. The first-order chi connectivity index (χ1) is 9.97. The fraction of sp³-hybridized carbons (Fsp3) is 0.556. The number of aliphatic hydroxyl groups is 1. The first-order valence-corrected chi connectivity index (χ1v) is 7.82. The van der Waals surface area contributed by atoms with Crippen molar-refractivity contribution in [2.75, 3.05) is 0 Å². The molecule has 1 N–H and O–H groups in total. The molecule has 0 heterocycles. The van der Waals surface area contributed by atoms with Crippen LogP contribution in [0.3, 0.4) is 0 Å². The number of carbonyl (C=O) groups excluding carboxylic acids is 2. The number of rotatable bonds is 8. The van der Waals surface area contributed by atoms with Gasteiger partial charge in [0.05, 0.1) is 0 Å². The van der Waals surface area contributed by atoms with Crippen LogP contribution in [-0.4, -0.2) is 16.7 Å². The summed E-state index contributed by atoms with van der Waals surface area (Å²) in [6.45, 7) is 6.02. The van der Waals surface area contributed by atoms with Crippen molar-refractivity contribution in [3.05, 3.63) is 34.6 Å². The average Bonchev–Trinajstić information content (AvgIpc) is 2.44. The zero-order chi connectivity index (χ0) is 15.8. The molecule has 0 aromatic rings. The lowest BCUT2D eigenvalue weighted by Gasteiger charge is -2.14. The third-order valence-electron chi connectivity index (χ3n) is 3.66. The molecule has 0 atom stereocenters. The fourth-order valence-corrected chi connectivity index (χ4v) is 2.33. The van der Waals surface area contributed by atoms with Crippen molar-refractivity contribution in [2.24, 2.45) is 0 Å². The second-order valence-electron chi connectivity index (χ2n) is 5.84. The van der Waals surface area contributed by atoms with Gasteiger partial charge in [0, 0.05) is 11.1 Å². The second kappa shape index (κ2) is 8.60. The predicted octanol–water partition coefficient (Wildman–Crippen LogP) is 4.59. The highest BCUT2D eigenvalue weighted by Crippen LogP contribution is 2.24. The Morgan fingerprint density at radius 2 is 1.81 bits per heavy atom. The lowest BCUT2D eigenvalue weighted by atomic mass is 9.90. The zero-order valence-electron chi connectivity index (χ0n) is 13.4. The lowest BCUT2D eigenvalue weighted by Crippen LogP contribution is -2.19. The summed E-state index contributed by atoms with van der Waals surface area (Å²) in [4.78, 5) is 24.1. The molecule has 0 unspecified atom stereocenters. The molecule has 0 radical (unpaired) electrons. The van der Waals surface area contributed by atoms with Gasteiger partial charge in [-0.25, -0.2) is 0 Å². The van der Waals surface area contributed by atoms with Gasteiger partial charge in [-0.2, -0.15) is 0 Å². The minimum atomic E-state index is -0.393. The lowest BCUT2D eigenvalue weighted by molar-refractivity contribution is -0.118. The van der Waals surface area contributed by atoms with Crippen LogP contribution in [0.4, 0.5) is 0 Å². The number of carbonyl (C=O) groups is 2. The molecule has 1 rings (SSSR count). The molecule has 0 aliphatic heterocycles. The van der Waals surface area contributed by atoms with Gasteiger partial charge in [0.15, 0.2) is 11.5 Å². The SMILES string of the molecule is CCCCCCCC1=C(O)C(=O)C(CC=C(C)C)=CC1=O. The third kappa shape index (κ3) is 5.33. The van der Waals surface area contributed by atoms with Crippen LogP contribution in [0.15, 0.2) is 34.6 Å². The summed E-state index contributed by atoms with van der Waals surface area (Å²) in [5.41, 5.74) is 1.76. The van der Waals surface area contributed by atoms with Crippen LogP contribution < -0.4 is 0 Å². The van der Waals surface area contributed by atoms with E-state index in [-0.39, 0.29) is 17.1 Å². The van der Waals surface area contributed by atoms with E-state index in [2.05, 4.69) is 6.92 Å². The molecule has 0 aromatic carbocycles. The largest absolute Gasteiger partial charge is 0.504 e. The molecule has 116 valence electrons. The fourth-order valence-electron chi connectivity index (χ4n) is 2.33. The molecule has 0 saturated carbocycles. The Hall–Kier alpha value is -1.64. The topological polar surface area (TPSA) is 54.4 Å². The van der Waals surface area contributed by atoms with Gasteiger partial charge < -0.3 is 5.11 Å². The first kappa shape index (κ1) is 17.4. The summed E-state index contributed by atoms with van der Waals surface area (Å²) in [6.07, 6.45) is 9.53. The van der Waals surface area contributed by atoms with Crippen molar-refractivity contribution in [2.45, 2.75) is 65.7 Å². The normalized spacial score (nSPS) is 15.3. The van der Waals surface area contributed by atoms with Crippen molar-refractivity contribution in [3.8, 4) is 0 Å². The summed E-state index contributed by atoms with van der Waals surface area (Å²) in [5, 5.41) is 9.99. The van der Waals surface area contributed by atoms with Crippen molar-refractivity contribution < 1.29 is 14.7 Å². The van der Waals surface area contributed by atoms with E-state index < -0.39 is 5.78 Å². The van der Waals surface area contributed by atoms with E-state index in [0.29, 0.717) is 18.4 Å². The number of aliphatic hydroxyl groups excluding tert-OH is 1. The molecule has 1 aliphatic carbocycles. The van der Waals surface area contributed by atoms with Gasteiger partial charge in [-0.1, -0.05) is 44.3 Å². The Labute approximate surface area is 127 Å². The van der Waals surface area contributed by atoms with Crippen molar-refractivity contribution in [1.29, 1.82) is 0 Å². The van der Waals surface area contributed by atoms with Crippen molar-refractivity contribution in [1.82, 2.24) is 0 Å². The molecule has 0 saturated heterocycles. The minimum Gasteiger partial charge on any atom is -0.504 e. The van der Waals surface area contributed by atoms with Gasteiger partial charge in [0.2, 0.25) is 5.78 Å². The molecule has 0 bridgehead atoms. The van der Waals surface area contributed by atoms with Crippen LogP contribution in [0.1, 0.15) is 65.7 Å². The molecule has 3 heteroatoms. The molecular formula is C18H26O3. The number of hydrogen-bond donors (Lipinski definition) is 1. The molecule has 21 heavy (non-hydrogen) atoms. The number of allylic oxidation sites excluding steroid dienone is 5. The summed E-state index contributed by atoms with van der Waals surface area (Å²) in [7, 11) is 0. The van der Waals surface area contributed by atoms with E-state index in [0.717, 1.165) is 24.8 Å². The van der Waals surface area contributed by atoms with E-state index >= 15 is 0 Å². The van der Waals surface area contributed by atoms with Crippen LogP contribution in [0.25, 0.3) is 0 Å². The monoisotopic (exact) mass is 290 g/mol. The first-order valence-electron chi connectivity index (χ1n) is 7.82. The van der Waals surface area contributed by atoms with Gasteiger partial charge in [-0.05, 0) is 39.2 Å². The van der Waals surface area contributed by atoms with Crippen LogP contribution in [0, 0.1) is 0 Å². The highest BCUT2D eigenvalue weighted by atomic mass is 16.3. The summed E-state index contributed by atoms with van der Waals surface area (Å²) < 4.78 is 0. The van der Waals surface area contributed by atoms with E-state index in [1.165, 1.54) is 18.9 Å². The van der Waals surface area contributed by atoms with Crippen LogP contribution >= 0.6 is 0 Å². The van der Waals surface area contributed by atoms with Crippen LogP contribution in [0.2, 0.25) is 0 Å². The maximum Gasteiger partial charge on any atom is 0.224 e. The van der Waals surface area contributed by atoms with E-state index in [9.17, 15) is 14.7 Å². The third-order valence-corrected chi connectivity index (χ3v) is 3.66. The summed E-state index contributed by atoms with van der Waals surface area (Å²) >= 11 is 0. The molecular weight excluding hydrogens is 264 g/mol. The van der Waals surface area contributed by atoms with Gasteiger partial charge in [-0.3, -0.25) is 9.59 Å². The molecule has 0 spiro atoms. The van der Waals surface area contributed by atoms with E-state index in [4.69, 9.17) is 0 Å².